The Morgan fingerprint density at radius 1 is 1.41 bits per heavy atom. The third-order valence-electron chi connectivity index (χ3n) is 3.17. The first-order valence-electron chi connectivity index (χ1n) is 6.43. The molecule has 1 fully saturated rings. The average Bonchev–Trinajstić information content (AvgIpc) is 2.26. The molecule has 0 amide bonds. The zero-order chi connectivity index (χ0) is 12.1. The van der Waals surface area contributed by atoms with Crippen LogP contribution in [0.3, 0.4) is 0 Å². The smallest absolute Gasteiger partial charge is 0.122 e. The molecule has 0 unspecified atom stereocenters. The Morgan fingerprint density at radius 2 is 2.24 bits per heavy atom. The normalized spacial score (nSPS) is 15.6. The van der Waals surface area contributed by atoms with Crippen molar-refractivity contribution >= 4 is 0 Å². The highest BCUT2D eigenvalue weighted by Gasteiger charge is 2.15. The van der Waals surface area contributed by atoms with E-state index >= 15 is 0 Å². The number of nitrogens with one attached hydrogen (secondary N) is 2. The molecule has 1 heterocycles. The molecule has 0 atom stereocenters. The summed E-state index contributed by atoms with van der Waals surface area (Å²) in [6.07, 6.45) is 0. The Bertz CT molecular complexity index is 361. The minimum Gasteiger partial charge on any atom is -0.494 e. The van der Waals surface area contributed by atoms with Gasteiger partial charge in [0.25, 0.3) is 0 Å². The summed E-state index contributed by atoms with van der Waals surface area (Å²) in [5, 5.41) is 6.79. The summed E-state index contributed by atoms with van der Waals surface area (Å²) in [6, 6.07) is 6.42. The van der Waals surface area contributed by atoms with Crippen molar-refractivity contribution in [3.8, 4) is 5.75 Å². The zero-order valence-electron chi connectivity index (χ0n) is 10.8. The molecule has 0 saturated carbocycles. The highest BCUT2D eigenvalue weighted by Crippen LogP contribution is 2.19. The van der Waals surface area contributed by atoms with E-state index in [0.29, 0.717) is 0 Å². The van der Waals surface area contributed by atoms with Crippen molar-refractivity contribution in [3.05, 3.63) is 29.3 Å². The first-order chi connectivity index (χ1) is 8.29. The van der Waals surface area contributed by atoms with Crippen molar-refractivity contribution < 1.29 is 4.74 Å². The molecule has 94 valence electrons. The second-order valence-electron chi connectivity index (χ2n) is 4.69. The van der Waals surface area contributed by atoms with E-state index in [0.717, 1.165) is 44.5 Å². The van der Waals surface area contributed by atoms with Crippen LogP contribution in [-0.2, 0) is 6.54 Å². The third kappa shape index (κ3) is 3.45. The minimum atomic E-state index is 0.729. The summed E-state index contributed by atoms with van der Waals surface area (Å²) in [5.74, 6) is 1.82. The summed E-state index contributed by atoms with van der Waals surface area (Å²) in [5.41, 5.74) is 2.55. The predicted octanol–water partition coefficient (Wildman–Crippen LogP) is 1.70. The Hall–Kier alpha value is -1.06. The molecule has 0 radical (unpaired) electrons. The van der Waals surface area contributed by atoms with Crippen LogP contribution in [0.5, 0.6) is 5.75 Å². The van der Waals surface area contributed by atoms with E-state index in [1.807, 2.05) is 6.92 Å². The molecular formula is C14H22N2O. The fraction of sp³-hybridized carbons (Fsp3) is 0.571. The van der Waals surface area contributed by atoms with Crippen LogP contribution >= 0.6 is 0 Å². The van der Waals surface area contributed by atoms with Crippen LogP contribution in [0.1, 0.15) is 18.1 Å². The zero-order valence-corrected chi connectivity index (χ0v) is 10.8. The second kappa shape index (κ2) is 6.03. The van der Waals surface area contributed by atoms with Crippen molar-refractivity contribution in [1.29, 1.82) is 0 Å². The van der Waals surface area contributed by atoms with Crippen molar-refractivity contribution in [2.24, 2.45) is 5.92 Å². The Kier molecular flexibility index (Phi) is 4.40. The molecule has 1 aromatic carbocycles. The van der Waals surface area contributed by atoms with Crippen molar-refractivity contribution in [2.45, 2.75) is 20.4 Å². The van der Waals surface area contributed by atoms with E-state index < -0.39 is 0 Å². The number of hydrogen-bond acceptors (Lipinski definition) is 3. The third-order valence-corrected chi connectivity index (χ3v) is 3.17. The lowest BCUT2D eigenvalue weighted by molar-refractivity contribution is 0.331. The van der Waals surface area contributed by atoms with E-state index in [1.54, 1.807) is 0 Å². The van der Waals surface area contributed by atoms with Crippen LogP contribution in [0.25, 0.3) is 0 Å². The fourth-order valence-electron chi connectivity index (χ4n) is 2.05. The Balaban J connectivity index is 1.81. The maximum absolute atomic E-state index is 5.53. The first kappa shape index (κ1) is 12.4. The molecule has 1 aromatic rings. The first-order valence-corrected chi connectivity index (χ1v) is 6.43. The SMILES string of the molecule is CCOc1ccc(CNCC2CNC2)cc1C. The van der Waals surface area contributed by atoms with Crippen molar-refractivity contribution in [2.75, 3.05) is 26.2 Å². The van der Waals surface area contributed by atoms with E-state index in [-0.39, 0.29) is 0 Å². The lowest BCUT2D eigenvalue weighted by atomic mass is 10.0. The summed E-state index contributed by atoms with van der Waals surface area (Å²) in [4.78, 5) is 0. The maximum Gasteiger partial charge on any atom is 0.122 e. The molecule has 0 aromatic heterocycles. The van der Waals surface area contributed by atoms with Crippen LogP contribution in [0.4, 0.5) is 0 Å². The number of rotatable bonds is 6. The topological polar surface area (TPSA) is 33.3 Å². The summed E-state index contributed by atoms with van der Waals surface area (Å²) < 4.78 is 5.53. The monoisotopic (exact) mass is 234 g/mol. The van der Waals surface area contributed by atoms with E-state index in [9.17, 15) is 0 Å². The van der Waals surface area contributed by atoms with Gasteiger partial charge in [0.15, 0.2) is 0 Å². The molecule has 1 aliphatic heterocycles. The van der Waals surface area contributed by atoms with Crippen LogP contribution in [0, 0.1) is 12.8 Å². The number of aryl methyl sites for hydroxylation is 1. The average molecular weight is 234 g/mol. The summed E-state index contributed by atoms with van der Waals surface area (Å²) in [6.45, 7) is 9.23. The molecule has 3 nitrogen and oxygen atoms in total. The minimum absolute atomic E-state index is 0.729. The highest BCUT2D eigenvalue weighted by molar-refractivity contribution is 5.36. The molecule has 3 heteroatoms. The lowest BCUT2D eigenvalue weighted by Crippen LogP contribution is -2.47. The van der Waals surface area contributed by atoms with Gasteiger partial charge in [-0.25, -0.2) is 0 Å². The summed E-state index contributed by atoms with van der Waals surface area (Å²) >= 11 is 0. The lowest BCUT2D eigenvalue weighted by Gasteiger charge is -2.27. The van der Waals surface area contributed by atoms with Gasteiger partial charge in [0.2, 0.25) is 0 Å². The second-order valence-corrected chi connectivity index (χ2v) is 4.69. The van der Waals surface area contributed by atoms with Gasteiger partial charge >= 0.3 is 0 Å². The molecule has 2 N–H and O–H groups in total. The number of hydrogen-bond donors (Lipinski definition) is 2. The standard InChI is InChI=1S/C14H22N2O/c1-3-17-14-5-4-12(6-11(14)2)7-15-8-13-9-16-10-13/h4-6,13,15-16H,3,7-10H2,1-2H3. The highest BCUT2D eigenvalue weighted by atomic mass is 16.5. The van der Waals surface area contributed by atoms with E-state index in [4.69, 9.17) is 4.74 Å². The largest absolute Gasteiger partial charge is 0.494 e. The maximum atomic E-state index is 5.53. The Labute approximate surface area is 104 Å². The Morgan fingerprint density at radius 3 is 2.82 bits per heavy atom. The van der Waals surface area contributed by atoms with Crippen LogP contribution in [0.2, 0.25) is 0 Å². The molecule has 1 aliphatic rings. The van der Waals surface area contributed by atoms with Gasteiger partial charge in [-0.1, -0.05) is 12.1 Å². The summed E-state index contributed by atoms with van der Waals surface area (Å²) in [7, 11) is 0. The van der Waals surface area contributed by atoms with Crippen LogP contribution in [0.15, 0.2) is 18.2 Å². The van der Waals surface area contributed by atoms with Crippen molar-refractivity contribution in [3.63, 3.8) is 0 Å². The molecule has 0 aliphatic carbocycles. The van der Waals surface area contributed by atoms with Gasteiger partial charge in [-0.15, -0.1) is 0 Å². The van der Waals surface area contributed by atoms with Crippen LogP contribution < -0.4 is 15.4 Å². The number of benzene rings is 1. The molecule has 0 bridgehead atoms. The molecule has 2 rings (SSSR count). The van der Waals surface area contributed by atoms with Gasteiger partial charge < -0.3 is 15.4 Å². The van der Waals surface area contributed by atoms with Gasteiger partial charge in [0.1, 0.15) is 5.75 Å². The molecule has 1 saturated heterocycles. The molecule has 0 spiro atoms. The number of ether oxygens (including phenoxy) is 1. The van der Waals surface area contributed by atoms with Gasteiger partial charge in [-0.05, 0) is 37.0 Å². The van der Waals surface area contributed by atoms with Gasteiger partial charge in [-0.3, -0.25) is 0 Å². The molecule has 17 heavy (non-hydrogen) atoms. The van der Waals surface area contributed by atoms with Gasteiger partial charge in [0.05, 0.1) is 6.61 Å². The van der Waals surface area contributed by atoms with Crippen LogP contribution in [-0.4, -0.2) is 26.2 Å². The quantitative estimate of drug-likeness (QED) is 0.786. The van der Waals surface area contributed by atoms with E-state index in [2.05, 4.69) is 35.8 Å². The predicted molar refractivity (Wildman–Crippen MR) is 70.4 cm³/mol. The van der Waals surface area contributed by atoms with Gasteiger partial charge in [-0.2, -0.15) is 0 Å². The van der Waals surface area contributed by atoms with E-state index in [1.165, 1.54) is 11.1 Å². The molecular weight excluding hydrogens is 212 g/mol. The van der Waals surface area contributed by atoms with Gasteiger partial charge in [0, 0.05) is 26.2 Å². The fourth-order valence-corrected chi connectivity index (χ4v) is 2.05. The van der Waals surface area contributed by atoms with Crippen molar-refractivity contribution in [1.82, 2.24) is 10.6 Å².